The first-order valence-corrected chi connectivity index (χ1v) is 5.66. The number of pyridine rings is 1. The molecule has 0 amide bonds. The molecule has 6 heteroatoms. The van der Waals surface area contributed by atoms with E-state index in [4.69, 9.17) is 0 Å². The third-order valence-electron chi connectivity index (χ3n) is 2.69. The van der Waals surface area contributed by atoms with E-state index in [9.17, 15) is 10.1 Å². The van der Waals surface area contributed by atoms with Crippen LogP contribution in [0.5, 0.6) is 0 Å². The van der Waals surface area contributed by atoms with Gasteiger partial charge >= 0.3 is 5.82 Å². The van der Waals surface area contributed by atoms with Crippen molar-refractivity contribution in [2.75, 3.05) is 0 Å². The van der Waals surface area contributed by atoms with Gasteiger partial charge in [-0.15, -0.1) is 0 Å². The van der Waals surface area contributed by atoms with Crippen LogP contribution in [0.3, 0.4) is 0 Å². The molecule has 0 radical (unpaired) electrons. The summed E-state index contributed by atoms with van der Waals surface area (Å²) in [6, 6.07) is 3.46. The van der Waals surface area contributed by atoms with Crippen LogP contribution in [-0.4, -0.2) is 19.5 Å². The van der Waals surface area contributed by atoms with Crippen molar-refractivity contribution in [3.8, 4) is 5.69 Å². The maximum absolute atomic E-state index is 11.3. The molecule has 0 aliphatic rings. The van der Waals surface area contributed by atoms with Gasteiger partial charge in [-0.25, -0.2) is 4.98 Å². The molecule has 0 aromatic carbocycles. The van der Waals surface area contributed by atoms with Crippen molar-refractivity contribution >= 4 is 5.82 Å². The van der Waals surface area contributed by atoms with Crippen molar-refractivity contribution < 1.29 is 4.92 Å². The molecular weight excluding hydrogens is 232 g/mol. The summed E-state index contributed by atoms with van der Waals surface area (Å²) in [7, 11) is 0. The number of nitro groups is 1. The first kappa shape index (κ1) is 12.2. The number of aryl methyl sites for hydroxylation is 1. The number of hydrogen-bond acceptors (Lipinski definition) is 4. The zero-order valence-corrected chi connectivity index (χ0v) is 10.5. The Bertz CT molecular complexity index is 575. The van der Waals surface area contributed by atoms with Crippen LogP contribution in [0.2, 0.25) is 0 Å². The third kappa shape index (κ3) is 1.97. The lowest BCUT2D eigenvalue weighted by Gasteiger charge is -2.04. The van der Waals surface area contributed by atoms with Crippen LogP contribution >= 0.6 is 0 Å². The first-order valence-electron chi connectivity index (χ1n) is 5.66. The van der Waals surface area contributed by atoms with Crippen LogP contribution in [0, 0.1) is 17.0 Å². The summed E-state index contributed by atoms with van der Waals surface area (Å²) in [5.74, 6) is 0.650. The van der Waals surface area contributed by atoms with Crippen molar-refractivity contribution in [2.45, 2.75) is 26.7 Å². The minimum absolute atomic E-state index is 0.00665. The van der Waals surface area contributed by atoms with Crippen molar-refractivity contribution in [1.29, 1.82) is 0 Å². The lowest BCUT2D eigenvalue weighted by atomic mass is 10.1. The normalized spacial score (nSPS) is 10.9. The van der Waals surface area contributed by atoms with Gasteiger partial charge in [-0.1, -0.05) is 13.8 Å². The van der Waals surface area contributed by atoms with Crippen molar-refractivity contribution in [2.24, 2.45) is 0 Å². The Morgan fingerprint density at radius 3 is 2.44 bits per heavy atom. The second-order valence-corrected chi connectivity index (χ2v) is 4.32. The van der Waals surface area contributed by atoms with Gasteiger partial charge in [0, 0.05) is 37.4 Å². The number of rotatable bonds is 3. The van der Waals surface area contributed by atoms with Gasteiger partial charge in [0.15, 0.2) is 5.82 Å². The van der Waals surface area contributed by atoms with E-state index < -0.39 is 0 Å². The van der Waals surface area contributed by atoms with E-state index in [2.05, 4.69) is 9.97 Å². The average Bonchev–Trinajstić information content (AvgIpc) is 2.68. The molecular formula is C12H14N4O2. The molecule has 0 saturated carbocycles. The Hall–Kier alpha value is -2.24. The van der Waals surface area contributed by atoms with Crippen molar-refractivity contribution in [3.63, 3.8) is 0 Å². The molecule has 0 aliphatic carbocycles. The fourth-order valence-electron chi connectivity index (χ4n) is 1.91. The molecule has 2 heterocycles. The van der Waals surface area contributed by atoms with Gasteiger partial charge in [-0.2, -0.15) is 4.57 Å². The van der Waals surface area contributed by atoms with Crippen LogP contribution in [-0.2, 0) is 0 Å². The lowest BCUT2D eigenvalue weighted by molar-refractivity contribution is -0.391. The zero-order valence-electron chi connectivity index (χ0n) is 10.5. The van der Waals surface area contributed by atoms with E-state index in [1.807, 2.05) is 13.8 Å². The van der Waals surface area contributed by atoms with E-state index >= 15 is 0 Å². The zero-order chi connectivity index (χ0) is 13.3. The molecule has 18 heavy (non-hydrogen) atoms. The SMILES string of the molecule is Cc1nc(C(C)C)c([N+](=O)[O-])n1-c1ccncc1. The topological polar surface area (TPSA) is 73.8 Å². The summed E-state index contributed by atoms with van der Waals surface area (Å²) >= 11 is 0. The summed E-state index contributed by atoms with van der Waals surface area (Å²) < 4.78 is 1.55. The summed E-state index contributed by atoms with van der Waals surface area (Å²) in [4.78, 5) is 19.1. The summed E-state index contributed by atoms with van der Waals surface area (Å²) in [5.41, 5.74) is 1.21. The molecule has 0 saturated heterocycles. The number of imidazole rings is 1. The van der Waals surface area contributed by atoms with Crippen molar-refractivity contribution in [1.82, 2.24) is 14.5 Å². The van der Waals surface area contributed by atoms with Crippen LogP contribution in [0.4, 0.5) is 5.82 Å². The fraction of sp³-hybridized carbons (Fsp3) is 0.333. The molecule has 6 nitrogen and oxygen atoms in total. The molecule has 0 N–H and O–H groups in total. The molecule has 0 fully saturated rings. The second kappa shape index (κ2) is 4.56. The van der Waals surface area contributed by atoms with Gasteiger partial charge in [-0.3, -0.25) is 4.98 Å². The monoisotopic (exact) mass is 246 g/mol. The standard InChI is InChI=1S/C12H14N4O2/c1-8(2)11-12(16(17)18)15(9(3)14-11)10-4-6-13-7-5-10/h4-8H,1-3H3. The lowest BCUT2D eigenvalue weighted by Crippen LogP contribution is -2.04. The van der Waals surface area contributed by atoms with Crippen LogP contribution in [0.15, 0.2) is 24.5 Å². The Morgan fingerprint density at radius 1 is 1.33 bits per heavy atom. The maximum atomic E-state index is 11.3. The van der Waals surface area contributed by atoms with Crippen molar-refractivity contribution in [3.05, 3.63) is 46.2 Å². The number of nitrogens with zero attached hydrogens (tertiary/aromatic N) is 4. The Kier molecular flexibility index (Phi) is 3.10. The number of hydrogen-bond donors (Lipinski definition) is 0. The fourth-order valence-corrected chi connectivity index (χ4v) is 1.91. The van der Waals surface area contributed by atoms with E-state index in [-0.39, 0.29) is 16.7 Å². The Morgan fingerprint density at radius 2 is 1.94 bits per heavy atom. The summed E-state index contributed by atoms with van der Waals surface area (Å²) in [5, 5.41) is 11.3. The van der Waals surface area contributed by atoms with E-state index in [1.54, 1.807) is 36.0 Å². The molecule has 0 bridgehead atoms. The Balaban J connectivity index is 2.71. The largest absolute Gasteiger partial charge is 0.358 e. The molecule has 2 rings (SSSR count). The van der Waals surface area contributed by atoms with Gasteiger partial charge in [0.25, 0.3) is 0 Å². The molecule has 2 aromatic rings. The quantitative estimate of drug-likeness (QED) is 0.616. The van der Waals surface area contributed by atoms with Gasteiger partial charge in [0.1, 0.15) is 11.4 Å². The molecule has 0 atom stereocenters. The minimum Gasteiger partial charge on any atom is -0.358 e. The summed E-state index contributed by atoms with van der Waals surface area (Å²) in [6.07, 6.45) is 3.21. The Labute approximate surface area is 104 Å². The highest BCUT2D eigenvalue weighted by Crippen LogP contribution is 2.29. The van der Waals surface area contributed by atoms with E-state index in [0.717, 1.165) is 0 Å². The average molecular weight is 246 g/mol. The van der Waals surface area contributed by atoms with Crippen LogP contribution in [0.1, 0.15) is 31.3 Å². The molecule has 0 spiro atoms. The highest BCUT2D eigenvalue weighted by Gasteiger charge is 2.28. The van der Waals surface area contributed by atoms with Gasteiger partial charge < -0.3 is 10.1 Å². The van der Waals surface area contributed by atoms with E-state index in [1.165, 1.54) is 0 Å². The number of aromatic nitrogens is 3. The first-order chi connectivity index (χ1) is 8.52. The van der Waals surface area contributed by atoms with Gasteiger partial charge in [0.2, 0.25) is 0 Å². The van der Waals surface area contributed by atoms with Gasteiger partial charge in [0.05, 0.1) is 0 Å². The molecule has 0 unspecified atom stereocenters. The molecule has 0 aliphatic heterocycles. The maximum Gasteiger partial charge on any atom is 0.351 e. The molecule has 2 aromatic heterocycles. The predicted molar refractivity (Wildman–Crippen MR) is 66.8 cm³/mol. The van der Waals surface area contributed by atoms with Crippen LogP contribution < -0.4 is 0 Å². The smallest absolute Gasteiger partial charge is 0.351 e. The minimum atomic E-state index is -0.379. The van der Waals surface area contributed by atoms with Crippen LogP contribution in [0.25, 0.3) is 5.69 Å². The van der Waals surface area contributed by atoms with Gasteiger partial charge in [-0.05, 0) is 4.92 Å². The summed E-state index contributed by atoms with van der Waals surface area (Å²) in [6.45, 7) is 5.55. The van der Waals surface area contributed by atoms with E-state index in [0.29, 0.717) is 17.2 Å². The predicted octanol–water partition coefficient (Wildman–Crippen LogP) is 2.61. The highest BCUT2D eigenvalue weighted by molar-refractivity contribution is 5.44. The molecule has 94 valence electrons. The second-order valence-electron chi connectivity index (χ2n) is 4.32. The highest BCUT2D eigenvalue weighted by atomic mass is 16.6. The third-order valence-corrected chi connectivity index (χ3v) is 2.69.